The van der Waals surface area contributed by atoms with Crippen LogP contribution in [0.2, 0.25) is 0 Å². The van der Waals surface area contributed by atoms with Crippen molar-refractivity contribution in [1.82, 2.24) is 0 Å². The molecule has 4 heteroatoms. The number of anilines is 1. The van der Waals surface area contributed by atoms with E-state index in [4.69, 9.17) is 4.74 Å². The van der Waals surface area contributed by atoms with E-state index in [1.807, 2.05) is 72.8 Å². The first kappa shape index (κ1) is 17.0. The second-order valence-corrected chi connectivity index (χ2v) is 6.55. The molecule has 1 amide bonds. The Bertz CT molecular complexity index is 936. The summed E-state index contributed by atoms with van der Waals surface area (Å²) in [4.78, 5) is 26.4. The second-order valence-electron chi connectivity index (χ2n) is 6.55. The molecule has 1 saturated heterocycles. The summed E-state index contributed by atoms with van der Waals surface area (Å²) in [5.41, 5.74) is 2.97. The van der Waals surface area contributed by atoms with Crippen LogP contribution in [0.4, 0.5) is 5.69 Å². The molecular formula is C23H19NO3. The maximum atomic E-state index is 12.5. The molecule has 134 valence electrons. The molecule has 0 saturated carbocycles. The number of nitrogens with zero attached hydrogens (tertiary/aromatic N) is 1. The minimum absolute atomic E-state index is 0.0532. The lowest BCUT2D eigenvalue weighted by Crippen LogP contribution is -2.27. The molecule has 1 atom stereocenters. The van der Waals surface area contributed by atoms with Crippen LogP contribution in [0, 0.1) is 5.92 Å². The maximum Gasteiger partial charge on any atom is 0.316 e. The number of amides is 1. The number of hydrogen-bond acceptors (Lipinski definition) is 3. The zero-order chi connectivity index (χ0) is 18.6. The molecule has 0 radical (unpaired) electrons. The molecule has 0 bridgehead atoms. The summed E-state index contributed by atoms with van der Waals surface area (Å²) in [6, 6.07) is 26.8. The lowest BCUT2D eigenvalue weighted by atomic mass is 10.1. The predicted octanol–water partition coefficient (Wildman–Crippen LogP) is 4.31. The number of para-hydroxylation sites is 1. The Morgan fingerprint density at radius 1 is 0.815 bits per heavy atom. The van der Waals surface area contributed by atoms with Gasteiger partial charge in [0, 0.05) is 18.7 Å². The van der Waals surface area contributed by atoms with Crippen molar-refractivity contribution in [3.63, 3.8) is 0 Å². The van der Waals surface area contributed by atoms with Crippen molar-refractivity contribution in [2.75, 3.05) is 11.4 Å². The highest BCUT2D eigenvalue weighted by Crippen LogP contribution is 2.27. The van der Waals surface area contributed by atoms with Crippen LogP contribution < -0.4 is 9.64 Å². The van der Waals surface area contributed by atoms with Gasteiger partial charge in [-0.15, -0.1) is 0 Å². The van der Waals surface area contributed by atoms with Gasteiger partial charge < -0.3 is 9.64 Å². The van der Waals surface area contributed by atoms with Crippen LogP contribution in [0.25, 0.3) is 11.1 Å². The molecule has 4 rings (SSSR count). The molecule has 3 aromatic rings. The van der Waals surface area contributed by atoms with Gasteiger partial charge in [0.25, 0.3) is 0 Å². The normalized spacial score (nSPS) is 16.4. The van der Waals surface area contributed by atoms with E-state index in [0.717, 1.165) is 16.8 Å². The summed E-state index contributed by atoms with van der Waals surface area (Å²) in [5.74, 6) is -0.381. The highest BCUT2D eigenvalue weighted by atomic mass is 16.5. The van der Waals surface area contributed by atoms with Crippen molar-refractivity contribution in [2.45, 2.75) is 6.42 Å². The fraction of sp³-hybridized carbons (Fsp3) is 0.130. The summed E-state index contributed by atoms with van der Waals surface area (Å²) in [5, 5.41) is 0. The second kappa shape index (κ2) is 7.46. The Balaban J connectivity index is 1.41. The van der Waals surface area contributed by atoms with Gasteiger partial charge in [-0.05, 0) is 35.4 Å². The SMILES string of the molecule is O=C(Oc1ccc(-c2ccccc2)cc1)[C@@H]1CC(=O)N(c2ccccc2)C1. The molecule has 0 unspecified atom stereocenters. The highest BCUT2D eigenvalue weighted by Gasteiger charge is 2.36. The topological polar surface area (TPSA) is 46.6 Å². The van der Waals surface area contributed by atoms with Crippen LogP contribution in [-0.4, -0.2) is 18.4 Å². The van der Waals surface area contributed by atoms with Crippen LogP contribution in [0.5, 0.6) is 5.75 Å². The van der Waals surface area contributed by atoms with E-state index in [-0.39, 0.29) is 18.3 Å². The third-order valence-electron chi connectivity index (χ3n) is 4.71. The monoisotopic (exact) mass is 357 g/mol. The molecular weight excluding hydrogens is 338 g/mol. The van der Waals surface area contributed by atoms with E-state index < -0.39 is 5.92 Å². The van der Waals surface area contributed by atoms with E-state index in [1.165, 1.54) is 0 Å². The van der Waals surface area contributed by atoms with Crippen molar-refractivity contribution >= 4 is 17.6 Å². The van der Waals surface area contributed by atoms with Crippen LogP contribution in [0.1, 0.15) is 6.42 Å². The van der Waals surface area contributed by atoms with E-state index >= 15 is 0 Å². The number of esters is 1. The van der Waals surface area contributed by atoms with Crippen LogP contribution in [-0.2, 0) is 9.59 Å². The molecule has 1 heterocycles. The van der Waals surface area contributed by atoms with Crippen LogP contribution in [0.15, 0.2) is 84.9 Å². The first-order chi connectivity index (χ1) is 13.2. The average Bonchev–Trinajstić information content (AvgIpc) is 3.12. The molecule has 27 heavy (non-hydrogen) atoms. The Kier molecular flexibility index (Phi) is 4.71. The maximum absolute atomic E-state index is 12.5. The van der Waals surface area contributed by atoms with Gasteiger partial charge in [0.2, 0.25) is 5.91 Å². The molecule has 1 aliphatic rings. The highest BCUT2D eigenvalue weighted by molar-refractivity contribution is 5.99. The summed E-state index contributed by atoms with van der Waals surface area (Å²) < 4.78 is 5.50. The van der Waals surface area contributed by atoms with Gasteiger partial charge in [-0.25, -0.2) is 0 Å². The van der Waals surface area contributed by atoms with Crippen molar-refractivity contribution in [2.24, 2.45) is 5.92 Å². The Hall–Kier alpha value is -3.40. The summed E-state index contributed by atoms with van der Waals surface area (Å²) in [6.07, 6.45) is 0.176. The van der Waals surface area contributed by atoms with E-state index in [0.29, 0.717) is 12.3 Å². The average molecular weight is 357 g/mol. The first-order valence-electron chi connectivity index (χ1n) is 8.93. The lowest BCUT2D eigenvalue weighted by Gasteiger charge is -2.16. The van der Waals surface area contributed by atoms with Gasteiger partial charge in [-0.3, -0.25) is 9.59 Å². The van der Waals surface area contributed by atoms with Gasteiger partial charge in [0.1, 0.15) is 5.75 Å². The number of rotatable bonds is 4. The van der Waals surface area contributed by atoms with E-state index in [1.54, 1.807) is 17.0 Å². The van der Waals surface area contributed by atoms with Gasteiger partial charge in [-0.2, -0.15) is 0 Å². The van der Waals surface area contributed by atoms with Crippen LogP contribution in [0.3, 0.4) is 0 Å². The summed E-state index contributed by atoms with van der Waals surface area (Å²) >= 11 is 0. The molecule has 0 N–H and O–H groups in total. The van der Waals surface area contributed by atoms with Gasteiger partial charge in [-0.1, -0.05) is 60.7 Å². The quantitative estimate of drug-likeness (QED) is 0.516. The Morgan fingerprint density at radius 3 is 2.07 bits per heavy atom. The molecule has 0 aromatic heterocycles. The lowest BCUT2D eigenvalue weighted by molar-refractivity contribution is -0.139. The van der Waals surface area contributed by atoms with Crippen molar-refractivity contribution in [3.05, 3.63) is 84.9 Å². The van der Waals surface area contributed by atoms with Gasteiger partial charge >= 0.3 is 5.97 Å². The number of ether oxygens (including phenoxy) is 1. The number of carbonyl (C=O) groups excluding carboxylic acids is 2. The zero-order valence-electron chi connectivity index (χ0n) is 14.7. The van der Waals surface area contributed by atoms with Gasteiger partial charge in [0.15, 0.2) is 0 Å². The first-order valence-corrected chi connectivity index (χ1v) is 8.93. The molecule has 0 spiro atoms. The molecule has 1 fully saturated rings. The van der Waals surface area contributed by atoms with E-state index in [9.17, 15) is 9.59 Å². The van der Waals surface area contributed by atoms with Crippen molar-refractivity contribution < 1.29 is 14.3 Å². The predicted molar refractivity (Wildman–Crippen MR) is 104 cm³/mol. The minimum atomic E-state index is -0.452. The summed E-state index contributed by atoms with van der Waals surface area (Å²) in [6.45, 7) is 0.351. The zero-order valence-corrected chi connectivity index (χ0v) is 14.7. The van der Waals surface area contributed by atoms with Crippen LogP contribution >= 0.6 is 0 Å². The molecule has 4 nitrogen and oxygen atoms in total. The van der Waals surface area contributed by atoms with E-state index in [2.05, 4.69) is 0 Å². The fourth-order valence-corrected chi connectivity index (χ4v) is 3.27. The fourth-order valence-electron chi connectivity index (χ4n) is 3.27. The Labute approximate surface area is 158 Å². The largest absolute Gasteiger partial charge is 0.426 e. The molecule has 3 aromatic carbocycles. The number of benzene rings is 3. The number of carbonyl (C=O) groups is 2. The smallest absolute Gasteiger partial charge is 0.316 e. The third kappa shape index (κ3) is 3.75. The summed E-state index contributed by atoms with van der Waals surface area (Å²) in [7, 11) is 0. The molecule has 1 aliphatic heterocycles. The molecule has 0 aliphatic carbocycles. The standard InChI is InChI=1S/C23H19NO3/c25-22-15-19(16-24(22)20-9-5-2-6-10-20)23(26)27-21-13-11-18(12-14-21)17-7-3-1-4-8-17/h1-14,19H,15-16H2/t19-/m1/s1. The minimum Gasteiger partial charge on any atom is -0.426 e. The third-order valence-corrected chi connectivity index (χ3v) is 4.71. The van der Waals surface area contributed by atoms with Crippen molar-refractivity contribution in [1.29, 1.82) is 0 Å². The Morgan fingerprint density at radius 2 is 1.41 bits per heavy atom. The van der Waals surface area contributed by atoms with Crippen molar-refractivity contribution in [3.8, 4) is 16.9 Å². The van der Waals surface area contributed by atoms with Gasteiger partial charge in [0.05, 0.1) is 5.92 Å². The number of hydrogen-bond donors (Lipinski definition) is 0.